The third kappa shape index (κ3) is 6.10. The van der Waals surface area contributed by atoms with Gasteiger partial charge >= 0.3 is 5.97 Å². The summed E-state index contributed by atoms with van der Waals surface area (Å²) in [6, 6.07) is 13.5. The van der Waals surface area contributed by atoms with Crippen molar-refractivity contribution < 1.29 is 33.1 Å². The molecule has 0 unspecified atom stereocenters. The highest BCUT2D eigenvalue weighted by atomic mass is 19.3. The van der Waals surface area contributed by atoms with Crippen LogP contribution in [-0.2, 0) is 14.4 Å². The standard InChI is InChI=1S/C23H26F2N2O5/c1-22(2,3)21(30)32-27-19(29)17(23(4,31)20(24)25)26-18(28)16-12-10-15(11-13-16)14-8-6-5-7-9-14/h5-13,17,20,31H,1-4H3,(H,26,28)(H,27,29)/t17-,23+/m1/s1. The number of aliphatic hydroxyl groups is 1. The monoisotopic (exact) mass is 448 g/mol. The molecule has 2 atom stereocenters. The van der Waals surface area contributed by atoms with Gasteiger partial charge in [0, 0.05) is 5.56 Å². The highest BCUT2D eigenvalue weighted by Crippen LogP contribution is 2.22. The quantitative estimate of drug-likeness (QED) is 0.589. The van der Waals surface area contributed by atoms with Crippen molar-refractivity contribution in [2.45, 2.75) is 45.8 Å². The van der Waals surface area contributed by atoms with Gasteiger partial charge in [-0.15, -0.1) is 0 Å². The highest BCUT2D eigenvalue weighted by molar-refractivity contribution is 5.98. The first kappa shape index (κ1) is 24.9. The molecule has 0 aliphatic rings. The predicted molar refractivity (Wildman–Crippen MR) is 113 cm³/mol. The summed E-state index contributed by atoms with van der Waals surface area (Å²) in [4.78, 5) is 41.5. The Morgan fingerprint density at radius 1 is 0.906 bits per heavy atom. The van der Waals surface area contributed by atoms with Gasteiger partial charge in [-0.1, -0.05) is 42.5 Å². The van der Waals surface area contributed by atoms with Gasteiger partial charge in [0.2, 0.25) is 0 Å². The van der Waals surface area contributed by atoms with E-state index in [2.05, 4.69) is 10.2 Å². The molecule has 0 spiro atoms. The molecule has 2 aromatic carbocycles. The Kier molecular flexibility index (Phi) is 7.69. The molecule has 9 heteroatoms. The number of hydrogen-bond donors (Lipinski definition) is 3. The summed E-state index contributed by atoms with van der Waals surface area (Å²) in [5.74, 6) is -3.00. The van der Waals surface area contributed by atoms with Crippen molar-refractivity contribution >= 4 is 17.8 Å². The number of rotatable bonds is 6. The van der Waals surface area contributed by atoms with Crippen LogP contribution in [0.4, 0.5) is 8.78 Å². The number of alkyl halides is 2. The Labute approximate surface area is 184 Å². The maximum absolute atomic E-state index is 13.4. The number of nitrogens with one attached hydrogen (secondary N) is 2. The van der Waals surface area contributed by atoms with Crippen LogP contribution in [0.25, 0.3) is 11.1 Å². The van der Waals surface area contributed by atoms with Crippen LogP contribution in [0.5, 0.6) is 0 Å². The van der Waals surface area contributed by atoms with E-state index in [-0.39, 0.29) is 5.56 Å². The average molecular weight is 448 g/mol. The molecular weight excluding hydrogens is 422 g/mol. The lowest BCUT2D eigenvalue weighted by Crippen LogP contribution is -2.62. The summed E-state index contributed by atoms with van der Waals surface area (Å²) in [6.07, 6.45) is -3.38. The topological polar surface area (TPSA) is 105 Å². The first-order chi connectivity index (χ1) is 14.8. The lowest BCUT2D eigenvalue weighted by atomic mass is 9.95. The summed E-state index contributed by atoms with van der Waals surface area (Å²) < 4.78 is 26.8. The van der Waals surface area contributed by atoms with Gasteiger partial charge in [0.1, 0.15) is 6.04 Å². The summed E-state index contributed by atoms with van der Waals surface area (Å²) in [5.41, 5.74) is -0.345. The number of carbonyl (C=O) groups excluding carboxylic acids is 3. The molecule has 0 aliphatic carbocycles. The van der Waals surface area contributed by atoms with E-state index in [4.69, 9.17) is 0 Å². The molecule has 2 rings (SSSR count). The summed E-state index contributed by atoms with van der Waals surface area (Å²) in [7, 11) is 0. The van der Waals surface area contributed by atoms with E-state index in [1.807, 2.05) is 30.3 Å². The van der Waals surface area contributed by atoms with Crippen LogP contribution < -0.4 is 10.8 Å². The smallest absolute Gasteiger partial charge is 0.337 e. The second-order valence-electron chi connectivity index (χ2n) is 8.48. The number of amides is 2. The number of carbonyl (C=O) groups is 3. The third-order valence-electron chi connectivity index (χ3n) is 4.67. The fraction of sp³-hybridized carbons (Fsp3) is 0.348. The van der Waals surface area contributed by atoms with Gasteiger partial charge in [0.25, 0.3) is 18.2 Å². The Morgan fingerprint density at radius 3 is 1.94 bits per heavy atom. The molecule has 0 saturated heterocycles. The SMILES string of the molecule is CC(C)(C)C(=O)ONC(=O)[C@@H](NC(=O)c1ccc(-c2ccccc2)cc1)[C@](C)(O)C(F)F. The predicted octanol–water partition coefficient (Wildman–Crippen LogP) is 3.09. The minimum absolute atomic E-state index is 0.0826. The minimum atomic E-state index is -3.38. The van der Waals surface area contributed by atoms with E-state index in [0.717, 1.165) is 11.1 Å². The highest BCUT2D eigenvalue weighted by Gasteiger charge is 2.46. The van der Waals surface area contributed by atoms with E-state index >= 15 is 0 Å². The molecule has 0 bridgehead atoms. The van der Waals surface area contributed by atoms with E-state index < -0.39 is 41.3 Å². The second kappa shape index (κ2) is 9.86. The van der Waals surface area contributed by atoms with Crippen LogP contribution in [0.15, 0.2) is 54.6 Å². The molecule has 0 heterocycles. The van der Waals surface area contributed by atoms with Crippen molar-refractivity contribution in [3.63, 3.8) is 0 Å². The van der Waals surface area contributed by atoms with Crippen molar-refractivity contribution in [3.8, 4) is 11.1 Å². The Morgan fingerprint density at radius 2 is 1.44 bits per heavy atom. The van der Waals surface area contributed by atoms with Crippen molar-refractivity contribution in [2.75, 3.05) is 0 Å². The molecule has 7 nitrogen and oxygen atoms in total. The maximum atomic E-state index is 13.4. The van der Waals surface area contributed by atoms with E-state index in [9.17, 15) is 28.3 Å². The van der Waals surface area contributed by atoms with Gasteiger partial charge in [-0.05, 0) is 51.0 Å². The molecule has 0 aliphatic heterocycles. The number of halogens is 2. The van der Waals surface area contributed by atoms with Crippen LogP contribution in [0.1, 0.15) is 38.1 Å². The van der Waals surface area contributed by atoms with Crippen molar-refractivity contribution in [1.82, 2.24) is 10.8 Å². The molecule has 172 valence electrons. The molecule has 0 saturated carbocycles. The summed E-state index contributed by atoms with van der Waals surface area (Å²) in [6.45, 7) is 5.27. The van der Waals surface area contributed by atoms with Gasteiger partial charge in [-0.2, -0.15) is 5.48 Å². The number of hydrogen-bond acceptors (Lipinski definition) is 5. The second-order valence-corrected chi connectivity index (χ2v) is 8.48. The zero-order valence-electron chi connectivity index (χ0n) is 18.2. The molecule has 0 fully saturated rings. The molecule has 3 N–H and O–H groups in total. The third-order valence-corrected chi connectivity index (χ3v) is 4.67. The first-order valence-electron chi connectivity index (χ1n) is 9.82. The van der Waals surface area contributed by atoms with Crippen LogP contribution in [-0.4, -0.2) is 41.0 Å². The van der Waals surface area contributed by atoms with Gasteiger partial charge in [-0.25, -0.2) is 13.6 Å². The largest absolute Gasteiger partial charge is 0.381 e. The van der Waals surface area contributed by atoms with Crippen LogP contribution in [0.3, 0.4) is 0 Å². The first-order valence-corrected chi connectivity index (χ1v) is 9.82. The lowest BCUT2D eigenvalue weighted by molar-refractivity contribution is -0.171. The fourth-order valence-corrected chi connectivity index (χ4v) is 2.57. The number of benzene rings is 2. The van der Waals surface area contributed by atoms with Gasteiger partial charge < -0.3 is 15.3 Å². The van der Waals surface area contributed by atoms with Crippen LogP contribution in [0, 0.1) is 5.41 Å². The summed E-state index contributed by atoms with van der Waals surface area (Å²) in [5, 5.41) is 12.3. The normalized spacial score (nSPS) is 14.2. The number of hydroxylamine groups is 1. The van der Waals surface area contributed by atoms with Gasteiger partial charge in [0.05, 0.1) is 5.41 Å². The zero-order chi connectivity index (χ0) is 24.1. The van der Waals surface area contributed by atoms with E-state index in [1.165, 1.54) is 32.9 Å². The molecule has 32 heavy (non-hydrogen) atoms. The minimum Gasteiger partial charge on any atom is -0.381 e. The van der Waals surface area contributed by atoms with Crippen molar-refractivity contribution in [2.24, 2.45) is 5.41 Å². The van der Waals surface area contributed by atoms with Crippen LogP contribution >= 0.6 is 0 Å². The van der Waals surface area contributed by atoms with Gasteiger partial charge in [-0.3, -0.25) is 9.59 Å². The average Bonchev–Trinajstić information content (AvgIpc) is 2.75. The van der Waals surface area contributed by atoms with E-state index in [1.54, 1.807) is 17.6 Å². The Hall–Kier alpha value is -3.33. The van der Waals surface area contributed by atoms with Crippen molar-refractivity contribution in [3.05, 3.63) is 60.2 Å². The molecule has 0 radical (unpaired) electrons. The summed E-state index contributed by atoms with van der Waals surface area (Å²) >= 11 is 0. The van der Waals surface area contributed by atoms with E-state index in [0.29, 0.717) is 6.92 Å². The lowest BCUT2D eigenvalue weighted by Gasteiger charge is -2.31. The molecular formula is C23H26F2N2O5. The molecule has 2 aromatic rings. The Balaban J connectivity index is 2.19. The maximum Gasteiger partial charge on any atom is 0.337 e. The fourth-order valence-electron chi connectivity index (χ4n) is 2.57. The zero-order valence-corrected chi connectivity index (χ0v) is 18.2. The Bertz CT molecular complexity index is 955. The molecule has 0 aromatic heterocycles. The van der Waals surface area contributed by atoms with Crippen molar-refractivity contribution in [1.29, 1.82) is 0 Å². The van der Waals surface area contributed by atoms with Crippen LogP contribution in [0.2, 0.25) is 0 Å². The molecule has 2 amide bonds. The van der Waals surface area contributed by atoms with Gasteiger partial charge in [0.15, 0.2) is 5.60 Å².